The van der Waals surface area contributed by atoms with Crippen LogP contribution < -0.4 is 5.32 Å². The lowest BCUT2D eigenvalue weighted by molar-refractivity contribution is 0.0730. The number of hydrogen-bond acceptors (Lipinski definition) is 5. The van der Waals surface area contributed by atoms with Crippen LogP contribution in [0.25, 0.3) is 0 Å². The van der Waals surface area contributed by atoms with Crippen LogP contribution in [0.15, 0.2) is 48.5 Å². The van der Waals surface area contributed by atoms with Gasteiger partial charge in [-0.3, -0.25) is 9.59 Å². The van der Waals surface area contributed by atoms with Crippen LogP contribution in [-0.4, -0.2) is 33.5 Å². The lowest BCUT2D eigenvalue weighted by Gasteiger charge is -2.23. The van der Waals surface area contributed by atoms with Crippen molar-refractivity contribution in [3.05, 3.63) is 75.7 Å². The minimum atomic E-state index is -0.570. The molecule has 0 unspecified atom stereocenters. The molecule has 0 aliphatic carbocycles. The molecule has 1 atom stereocenters. The van der Waals surface area contributed by atoms with Crippen LogP contribution in [0.2, 0.25) is 0 Å². The maximum Gasteiger partial charge on any atom is 0.286 e. The second kappa shape index (κ2) is 8.04. The lowest BCUT2D eigenvalue weighted by atomic mass is 10.1. The molecular weight excluding hydrogens is 398 g/mol. The van der Waals surface area contributed by atoms with Gasteiger partial charge in [0.15, 0.2) is 0 Å². The average Bonchev–Trinajstić information content (AvgIpc) is 3.39. The minimum Gasteiger partial charge on any atom is -0.329 e. The maximum atomic E-state index is 14.0. The highest BCUT2D eigenvalue weighted by Crippen LogP contribution is 2.35. The minimum absolute atomic E-state index is 0.0122. The van der Waals surface area contributed by atoms with Gasteiger partial charge in [0.05, 0.1) is 11.6 Å². The molecule has 9 heteroatoms. The molecule has 0 spiro atoms. The molecule has 4 rings (SSSR count). The molecule has 1 N–H and O–H groups in total. The van der Waals surface area contributed by atoms with Gasteiger partial charge in [-0.15, -0.1) is 10.2 Å². The van der Waals surface area contributed by atoms with E-state index in [-0.39, 0.29) is 16.6 Å². The van der Waals surface area contributed by atoms with Gasteiger partial charge < -0.3 is 10.2 Å². The maximum absolute atomic E-state index is 14.0. The summed E-state index contributed by atoms with van der Waals surface area (Å²) in [6, 6.07) is 10.9. The molecule has 2 amide bonds. The fraction of sp³-hybridized carbons (Fsp3) is 0.200. The number of halogens is 2. The smallest absolute Gasteiger partial charge is 0.286 e. The summed E-state index contributed by atoms with van der Waals surface area (Å²) in [5.74, 6) is -1.84. The van der Waals surface area contributed by atoms with E-state index >= 15 is 0 Å². The zero-order chi connectivity index (χ0) is 20.4. The van der Waals surface area contributed by atoms with Crippen molar-refractivity contribution in [3.8, 4) is 0 Å². The van der Waals surface area contributed by atoms with Crippen molar-refractivity contribution < 1.29 is 18.4 Å². The van der Waals surface area contributed by atoms with E-state index in [9.17, 15) is 18.4 Å². The summed E-state index contributed by atoms with van der Waals surface area (Å²) < 4.78 is 27.0. The zero-order valence-corrected chi connectivity index (χ0v) is 16.0. The summed E-state index contributed by atoms with van der Waals surface area (Å²) in [6.45, 7) is 0.481. The summed E-state index contributed by atoms with van der Waals surface area (Å²) >= 11 is 1.09. The van der Waals surface area contributed by atoms with E-state index in [1.165, 1.54) is 42.5 Å². The van der Waals surface area contributed by atoms with Crippen molar-refractivity contribution in [1.29, 1.82) is 0 Å². The average molecular weight is 414 g/mol. The van der Waals surface area contributed by atoms with Gasteiger partial charge >= 0.3 is 0 Å². The molecule has 6 nitrogen and oxygen atoms in total. The molecule has 1 saturated heterocycles. The molecule has 0 radical (unpaired) electrons. The highest BCUT2D eigenvalue weighted by atomic mass is 32.1. The summed E-state index contributed by atoms with van der Waals surface area (Å²) in [4.78, 5) is 26.7. The van der Waals surface area contributed by atoms with Crippen molar-refractivity contribution in [2.75, 3.05) is 11.9 Å². The van der Waals surface area contributed by atoms with Gasteiger partial charge in [-0.1, -0.05) is 23.5 Å². The van der Waals surface area contributed by atoms with E-state index in [0.717, 1.165) is 17.8 Å². The summed E-state index contributed by atoms with van der Waals surface area (Å²) in [7, 11) is 0. The number of carbonyl (C=O) groups excluding carboxylic acids is 2. The Morgan fingerprint density at radius 1 is 1.07 bits per heavy atom. The van der Waals surface area contributed by atoms with E-state index in [0.29, 0.717) is 23.7 Å². The molecule has 0 bridgehead atoms. The molecule has 2 aromatic carbocycles. The van der Waals surface area contributed by atoms with E-state index < -0.39 is 23.4 Å². The number of amides is 2. The van der Waals surface area contributed by atoms with Crippen molar-refractivity contribution in [2.24, 2.45) is 0 Å². The summed E-state index contributed by atoms with van der Waals surface area (Å²) in [5, 5.41) is 11.3. The number of anilines is 1. The Morgan fingerprint density at radius 3 is 2.59 bits per heavy atom. The number of likely N-dealkylation sites (tertiary alicyclic amines) is 1. The van der Waals surface area contributed by atoms with E-state index in [1.807, 2.05) is 0 Å². The van der Waals surface area contributed by atoms with Gasteiger partial charge in [0.1, 0.15) is 16.6 Å². The fourth-order valence-corrected chi connectivity index (χ4v) is 4.12. The monoisotopic (exact) mass is 414 g/mol. The van der Waals surface area contributed by atoms with Crippen LogP contribution in [0.5, 0.6) is 0 Å². The third kappa shape index (κ3) is 4.00. The molecule has 1 aromatic heterocycles. The number of nitrogens with one attached hydrogen (secondary N) is 1. The molecule has 1 aliphatic heterocycles. The number of rotatable bonds is 4. The Hall–Kier alpha value is -3.20. The SMILES string of the molecule is O=C(Nc1ccc(F)cc1)c1nnc([C@@H]2CCCN2C(=O)c2ccccc2F)s1. The molecular formula is C20H16F2N4O2S. The third-order valence-electron chi connectivity index (χ3n) is 4.64. The largest absolute Gasteiger partial charge is 0.329 e. The Balaban J connectivity index is 1.50. The first-order valence-corrected chi connectivity index (χ1v) is 9.80. The van der Waals surface area contributed by atoms with Crippen molar-refractivity contribution in [1.82, 2.24) is 15.1 Å². The standard InChI is InChI=1S/C20H16F2N4O2S/c21-12-7-9-13(10-8-12)23-17(27)19-25-24-18(29-19)16-6-3-11-26(16)20(28)14-4-1-2-5-15(14)22/h1-2,4-5,7-10,16H,3,6,11H2,(H,23,27)/t16-/m0/s1. The van der Waals surface area contributed by atoms with Crippen LogP contribution in [-0.2, 0) is 0 Å². The van der Waals surface area contributed by atoms with E-state index in [4.69, 9.17) is 0 Å². The number of benzene rings is 2. The van der Waals surface area contributed by atoms with Crippen LogP contribution >= 0.6 is 11.3 Å². The molecule has 148 valence electrons. The Morgan fingerprint density at radius 2 is 1.83 bits per heavy atom. The number of aromatic nitrogens is 2. The summed E-state index contributed by atoms with van der Waals surface area (Å²) in [6.07, 6.45) is 1.41. The van der Waals surface area contributed by atoms with Crippen LogP contribution in [0.1, 0.15) is 44.1 Å². The fourth-order valence-electron chi connectivity index (χ4n) is 3.23. The molecule has 3 aromatic rings. The van der Waals surface area contributed by atoms with Gasteiger partial charge in [-0.25, -0.2) is 8.78 Å². The third-order valence-corrected chi connectivity index (χ3v) is 5.66. The molecule has 29 heavy (non-hydrogen) atoms. The Kier molecular flexibility index (Phi) is 5.30. The predicted octanol–water partition coefficient (Wildman–Crippen LogP) is 4.05. The van der Waals surface area contributed by atoms with Gasteiger partial charge in [0, 0.05) is 12.2 Å². The van der Waals surface area contributed by atoms with Crippen molar-refractivity contribution >= 4 is 28.8 Å². The van der Waals surface area contributed by atoms with Crippen molar-refractivity contribution in [3.63, 3.8) is 0 Å². The highest BCUT2D eigenvalue weighted by Gasteiger charge is 2.34. The first-order chi connectivity index (χ1) is 14.0. The van der Waals surface area contributed by atoms with Gasteiger partial charge in [0.25, 0.3) is 11.8 Å². The molecule has 1 fully saturated rings. The number of nitrogens with zero attached hydrogens (tertiary/aromatic N) is 3. The van der Waals surface area contributed by atoms with E-state index in [2.05, 4.69) is 15.5 Å². The van der Waals surface area contributed by atoms with Crippen LogP contribution in [0.4, 0.5) is 14.5 Å². The van der Waals surface area contributed by atoms with Gasteiger partial charge in [-0.2, -0.15) is 0 Å². The van der Waals surface area contributed by atoms with Crippen LogP contribution in [0.3, 0.4) is 0 Å². The van der Waals surface area contributed by atoms with Crippen molar-refractivity contribution in [2.45, 2.75) is 18.9 Å². The number of hydrogen-bond donors (Lipinski definition) is 1. The predicted molar refractivity (Wildman–Crippen MR) is 104 cm³/mol. The van der Waals surface area contributed by atoms with Gasteiger partial charge in [0.2, 0.25) is 5.01 Å². The quantitative estimate of drug-likeness (QED) is 0.699. The normalized spacial score (nSPS) is 16.1. The number of carbonyl (C=O) groups is 2. The second-order valence-corrected chi connectivity index (χ2v) is 7.55. The Bertz CT molecular complexity index is 1050. The topological polar surface area (TPSA) is 75.2 Å². The van der Waals surface area contributed by atoms with E-state index in [1.54, 1.807) is 11.0 Å². The molecule has 0 saturated carbocycles. The zero-order valence-electron chi connectivity index (χ0n) is 15.1. The lowest BCUT2D eigenvalue weighted by Crippen LogP contribution is -2.31. The first kappa shape index (κ1) is 19.1. The Labute approximate surface area is 169 Å². The van der Waals surface area contributed by atoms with Crippen LogP contribution in [0, 0.1) is 11.6 Å². The summed E-state index contributed by atoms with van der Waals surface area (Å²) in [5.41, 5.74) is 0.448. The van der Waals surface area contributed by atoms with Gasteiger partial charge in [-0.05, 0) is 49.2 Å². The second-order valence-electron chi connectivity index (χ2n) is 6.54. The first-order valence-electron chi connectivity index (χ1n) is 8.99. The molecule has 2 heterocycles. The molecule has 1 aliphatic rings. The highest BCUT2D eigenvalue weighted by molar-refractivity contribution is 7.13.